The van der Waals surface area contributed by atoms with Crippen LogP contribution in [0.2, 0.25) is 0 Å². The van der Waals surface area contributed by atoms with Gasteiger partial charge in [0, 0.05) is 77.5 Å². The van der Waals surface area contributed by atoms with Gasteiger partial charge in [0.1, 0.15) is 44.8 Å². The first-order valence-corrected chi connectivity index (χ1v) is 25.5. The van der Waals surface area contributed by atoms with Gasteiger partial charge in [-0.2, -0.15) is 0 Å². The van der Waals surface area contributed by atoms with Crippen LogP contribution in [0.3, 0.4) is 0 Å². The number of para-hydroxylation sites is 3. The van der Waals surface area contributed by atoms with Crippen molar-refractivity contribution in [3.63, 3.8) is 0 Å². The van der Waals surface area contributed by atoms with Crippen molar-refractivity contribution in [3.8, 4) is 5.75 Å². The summed E-state index contributed by atoms with van der Waals surface area (Å²) in [5.74, 6) is 2.09. The average Bonchev–Trinajstić information content (AvgIpc) is 4.30. The van der Waals surface area contributed by atoms with Gasteiger partial charge < -0.3 is 32.2 Å². The Bertz CT molecular complexity index is 4990. The SMILES string of the molecule is C1=CCC2C(=C1)Oc1c2cccc1N(c1ccc2c(c1)oc1cc3c(cc12)oc1cc2c(cc13)oc1cc(N(c3cccc4ccccc34)c3cccc4c3oc3ccccc34)ccc12)c1cccc2ccccc12. The van der Waals surface area contributed by atoms with Crippen LogP contribution in [0.5, 0.6) is 5.75 Å². The Balaban J connectivity index is 0.794. The van der Waals surface area contributed by atoms with E-state index in [4.69, 9.17) is 22.4 Å². The first-order valence-electron chi connectivity index (χ1n) is 25.5. The summed E-state index contributed by atoms with van der Waals surface area (Å²) in [6, 6.07) is 72.6. The molecule has 7 heteroatoms. The second kappa shape index (κ2) is 15.3. The number of anilines is 6. The van der Waals surface area contributed by atoms with Crippen LogP contribution in [0.4, 0.5) is 34.1 Å². The molecule has 0 amide bonds. The minimum absolute atomic E-state index is 0.204. The van der Waals surface area contributed by atoms with Crippen molar-refractivity contribution in [2.45, 2.75) is 12.3 Å². The van der Waals surface area contributed by atoms with Crippen LogP contribution in [0.25, 0.3) is 109 Å². The van der Waals surface area contributed by atoms with Gasteiger partial charge in [-0.25, -0.2) is 0 Å². The van der Waals surface area contributed by atoms with E-state index in [2.05, 4.69) is 222 Å². The van der Waals surface area contributed by atoms with Crippen LogP contribution < -0.4 is 14.5 Å². The van der Waals surface area contributed by atoms with Crippen LogP contribution in [0.15, 0.2) is 248 Å². The van der Waals surface area contributed by atoms with Gasteiger partial charge in [-0.3, -0.25) is 0 Å². The predicted octanol–water partition coefficient (Wildman–Crippen LogP) is 19.9. The highest BCUT2D eigenvalue weighted by atomic mass is 16.5. The molecule has 0 saturated heterocycles. The van der Waals surface area contributed by atoms with E-state index in [1.165, 1.54) is 5.56 Å². The van der Waals surface area contributed by atoms with Crippen molar-refractivity contribution >= 4 is 143 Å². The lowest BCUT2D eigenvalue weighted by atomic mass is 9.92. The molecule has 0 radical (unpaired) electrons. The molecule has 17 rings (SSSR count). The molecule has 75 heavy (non-hydrogen) atoms. The Hall–Kier alpha value is -9.98. The smallest absolute Gasteiger partial charge is 0.159 e. The van der Waals surface area contributed by atoms with E-state index in [1.54, 1.807) is 0 Å². The molecule has 2 aliphatic rings. The van der Waals surface area contributed by atoms with Crippen LogP contribution >= 0.6 is 0 Å². The van der Waals surface area contributed by atoms with Crippen molar-refractivity contribution < 1.29 is 22.4 Å². The predicted molar refractivity (Wildman–Crippen MR) is 305 cm³/mol. The Labute approximate surface area is 427 Å². The molecule has 0 fully saturated rings. The highest BCUT2D eigenvalue weighted by Gasteiger charge is 2.34. The van der Waals surface area contributed by atoms with Gasteiger partial charge in [-0.15, -0.1) is 0 Å². The summed E-state index contributed by atoms with van der Waals surface area (Å²) in [4.78, 5) is 4.62. The van der Waals surface area contributed by atoms with E-state index in [0.717, 1.165) is 161 Å². The molecule has 0 saturated carbocycles. The minimum Gasteiger partial charge on any atom is -0.459 e. The van der Waals surface area contributed by atoms with E-state index in [1.807, 2.05) is 12.1 Å². The van der Waals surface area contributed by atoms with Crippen molar-refractivity contribution in [3.05, 3.63) is 236 Å². The zero-order valence-corrected chi connectivity index (χ0v) is 40.1. The quantitative estimate of drug-likeness (QED) is 0.164. The van der Waals surface area contributed by atoms with Gasteiger partial charge in [0.15, 0.2) is 11.3 Å². The highest BCUT2D eigenvalue weighted by Crippen LogP contribution is 2.53. The van der Waals surface area contributed by atoms with Crippen molar-refractivity contribution in [2.75, 3.05) is 9.80 Å². The monoisotopic (exact) mass is 964 g/mol. The Morgan fingerprint density at radius 2 is 0.813 bits per heavy atom. The van der Waals surface area contributed by atoms with E-state index >= 15 is 0 Å². The summed E-state index contributed by atoms with van der Waals surface area (Å²) < 4.78 is 33.9. The number of ether oxygens (including phenoxy) is 1. The lowest BCUT2D eigenvalue weighted by Gasteiger charge is -2.28. The number of hydrogen-bond acceptors (Lipinski definition) is 7. The third-order valence-corrected chi connectivity index (χ3v) is 15.8. The molecule has 1 aliphatic carbocycles. The molecule has 1 aliphatic heterocycles. The maximum absolute atomic E-state index is 6.86. The molecule has 11 aromatic carbocycles. The summed E-state index contributed by atoms with van der Waals surface area (Å²) in [5, 5.41) is 12.6. The number of nitrogens with zero attached hydrogens (tertiary/aromatic N) is 2. The molecule has 4 aromatic heterocycles. The number of fused-ring (bicyclic) bond motifs is 17. The lowest BCUT2D eigenvalue weighted by molar-refractivity contribution is 0.426. The van der Waals surface area contributed by atoms with Crippen LogP contribution in [0, 0.1) is 0 Å². The Kier molecular flexibility index (Phi) is 8.27. The van der Waals surface area contributed by atoms with Gasteiger partial charge in [0.05, 0.1) is 34.1 Å². The fourth-order valence-electron chi connectivity index (χ4n) is 12.3. The average molecular weight is 965 g/mol. The minimum atomic E-state index is 0.204. The topological polar surface area (TPSA) is 68.3 Å². The summed E-state index contributed by atoms with van der Waals surface area (Å²) >= 11 is 0. The zero-order chi connectivity index (χ0) is 48.9. The largest absolute Gasteiger partial charge is 0.459 e. The Morgan fingerprint density at radius 3 is 1.45 bits per heavy atom. The number of benzene rings is 11. The molecule has 0 spiro atoms. The maximum atomic E-state index is 6.86. The second-order valence-corrected chi connectivity index (χ2v) is 19.9. The normalized spacial score (nSPS) is 14.3. The molecule has 0 bridgehead atoms. The fraction of sp³-hybridized carbons (Fsp3) is 0.0294. The third kappa shape index (κ3) is 5.92. The molecule has 1 atom stereocenters. The lowest BCUT2D eigenvalue weighted by Crippen LogP contribution is -2.11. The molecule has 5 heterocycles. The number of rotatable bonds is 6. The van der Waals surface area contributed by atoms with Gasteiger partial charge >= 0.3 is 0 Å². The molecule has 0 N–H and O–H groups in total. The Morgan fingerprint density at radius 1 is 0.347 bits per heavy atom. The fourth-order valence-corrected chi connectivity index (χ4v) is 12.3. The molecule has 7 nitrogen and oxygen atoms in total. The van der Waals surface area contributed by atoms with Gasteiger partial charge in [-0.05, 0) is 102 Å². The van der Waals surface area contributed by atoms with Crippen LogP contribution in [-0.2, 0) is 0 Å². The summed E-state index contributed by atoms with van der Waals surface area (Å²) in [6.07, 6.45) is 7.33. The molecule has 352 valence electrons. The van der Waals surface area contributed by atoms with Crippen LogP contribution in [0.1, 0.15) is 17.9 Å². The maximum Gasteiger partial charge on any atom is 0.159 e. The molecular weight excluding hydrogens is 925 g/mol. The summed E-state index contributed by atoms with van der Waals surface area (Å²) in [5.41, 5.74) is 13.5. The van der Waals surface area contributed by atoms with Gasteiger partial charge in [0.25, 0.3) is 0 Å². The molecular formula is C68H40N2O5. The van der Waals surface area contributed by atoms with E-state index in [0.29, 0.717) is 0 Å². The first-order chi connectivity index (χ1) is 37.1. The van der Waals surface area contributed by atoms with Crippen LogP contribution in [-0.4, -0.2) is 0 Å². The van der Waals surface area contributed by atoms with Crippen molar-refractivity contribution in [1.82, 2.24) is 0 Å². The van der Waals surface area contributed by atoms with E-state index < -0.39 is 0 Å². The van der Waals surface area contributed by atoms with E-state index in [9.17, 15) is 0 Å². The molecule has 1 unspecified atom stereocenters. The summed E-state index contributed by atoms with van der Waals surface area (Å²) in [7, 11) is 0. The first kappa shape index (κ1) is 40.6. The third-order valence-electron chi connectivity index (χ3n) is 15.8. The van der Waals surface area contributed by atoms with Gasteiger partial charge in [0.2, 0.25) is 0 Å². The van der Waals surface area contributed by atoms with Gasteiger partial charge in [-0.1, -0.05) is 127 Å². The standard InChI is InChI=1S/C68H40N2O5/c1-3-17-43-39(13-1)15-9-23-55(43)69(57-25-11-21-49-45-19-5-7-27-59(45)74-67(49)57)41-29-31-47-51-35-65-53(37-63(51)71-61(47)33-41)54-38-64-52(36-66(54)73-65)48-32-30-42(34-62(48)72-64)70(56-24-10-16-40-14-2-4-18-44(40)56)58-26-12-22-50-46-20-6-8-28-60(46)75-68(50)58/h1-19,21-38,46H,20H2. The number of furan rings is 4. The van der Waals surface area contributed by atoms with E-state index in [-0.39, 0.29) is 5.92 Å². The highest BCUT2D eigenvalue weighted by molar-refractivity contribution is 6.19. The summed E-state index contributed by atoms with van der Waals surface area (Å²) in [6.45, 7) is 0. The molecule has 15 aromatic rings. The number of allylic oxidation sites excluding steroid dienone is 4. The zero-order valence-electron chi connectivity index (χ0n) is 40.1. The second-order valence-electron chi connectivity index (χ2n) is 19.9. The van der Waals surface area contributed by atoms with Crippen molar-refractivity contribution in [1.29, 1.82) is 0 Å². The number of hydrogen-bond donors (Lipinski definition) is 0. The van der Waals surface area contributed by atoms with Crippen molar-refractivity contribution in [2.24, 2.45) is 0 Å².